The van der Waals surface area contributed by atoms with Crippen LogP contribution in [-0.2, 0) is 0 Å². The van der Waals surface area contributed by atoms with Crippen LogP contribution in [0.15, 0.2) is 6.07 Å². The standard InChI is InChI=1S/C14H23N5O/c1-8(2)14-16-12(18-15)5-13(17-14)19-6-9-3-4-11(20)10(9)7-19/h5,8-11,20H,3-4,6-7,15H2,1-2H3,(H,16,17,18). The molecule has 4 N–H and O–H groups in total. The van der Waals surface area contributed by atoms with Crippen molar-refractivity contribution in [2.24, 2.45) is 17.7 Å². The second-order valence-electron chi connectivity index (χ2n) is 6.24. The molecule has 0 radical (unpaired) electrons. The minimum absolute atomic E-state index is 0.150. The summed E-state index contributed by atoms with van der Waals surface area (Å²) in [7, 11) is 0. The Kier molecular flexibility index (Phi) is 3.52. The lowest BCUT2D eigenvalue weighted by atomic mass is 10.00. The van der Waals surface area contributed by atoms with E-state index in [1.807, 2.05) is 6.07 Å². The average molecular weight is 277 g/mol. The molecular formula is C14H23N5O. The van der Waals surface area contributed by atoms with Crippen LogP contribution in [-0.4, -0.2) is 34.3 Å². The number of nitrogens with zero attached hydrogens (tertiary/aromatic N) is 3. The lowest BCUT2D eigenvalue weighted by Crippen LogP contribution is -2.26. The van der Waals surface area contributed by atoms with E-state index in [2.05, 4.69) is 34.1 Å². The molecule has 2 fully saturated rings. The van der Waals surface area contributed by atoms with Crippen LogP contribution in [0, 0.1) is 11.8 Å². The molecule has 6 heteroatoms. The number of hydrogen-bond donors (Lipinski definition) is 3. The van der Waals surface area contributed by atoms with Crippen molar-refractivity contribution in [2.45, 2.75) is 38.7 Å². The summed E-state index contributed by atoms with van der Waals surface area (Å²) in [5.41, 5.74) is 2.62. The predicted octanol–water partition coefficient (Wildman–Crippen LogP) is 1.09. The molecule has 0 amide bonds. The van der Waals surface area contributed by atoms with Gasteiger partial charge in [0.2, 0.25) is 0 Å². The van der Waals surface area contributed by atoms with Gasteiger partial charge in [0.1, 0.15) is 17.5 Å². The number of aromatic nitrogens is 2. The lowest BCUT2D eigenvalue weighted by Gasteiger charge is -2.21. The van der Waals surface area contributed by atoms with Gasteiger partial charge in [0.05, 0.1) is 6.10 Å². The van der Waals surface area contributed by atoms with Crippen LogP contribution >= 0.6 is 0 Å². The van der Waals surface area contributed by atoms with Crippen molar-refractivity contribution in [3.63, 3.8) is 0 Å². The molecule has 6 nitrogen and oxygen atoms in total. The van der Waals surface area contributed by atoms with E-state index in [1.54, 1.807) is 0 Å². The average Bonchev–Trinajstić information content (AvgIpc) is 3.01. The van der Waals surface area contributed by atoms with Crippen molar-refractivity contribution < 1.29 is 5.11 Å². The zero-order valence-electron chi connectivity index (χ0n) is 12.1. The molecule has 2 heterocycles. The Morgan fingerprint density at radius 3 is 2.80 bits per heavy atom. The number of nitrogen functional groups attached to an aromatic ring is 1. The topological polar surface area (TPSA) is 87.3 Å². The first-order chi connectivity index (χ1) is 9.58. The summed E-state index contributed by atoms with van der Waals surface area (Å²) in [6.07, 6.45) is 1.91. The van der Waals surface area contributed by atoms with Gasteiger partial charge in [0, 0.05) is 31.0 Å². The monoisotopic (exact) mass is 277 g/mol. The summed E-state index contributed by atoms with van der Waals surface area (Å²) in [6.45, 7) is 5.99. The molecular weight excluding hydrogens is 254 g/mol. The Labute approximate surface area is 119 Å². The van der Waals surface area contributed by atoms with Gasteiger partial charge in [-0.05, 0) is 18.8 Å². The maximum Gasteiger partial charge on any atom is 0.145 e. The van der Waals surface area contributed by atoms with Crippen LogP contribution in [0.4, 0.5) is 11.6 Å². The van der Waals surface area contributed by atoms with Crippen molar-refractivity contribution >= 4 is 11.6 Å². The first-order valence-electron chi connectivity index (χ1n) is 7.37. The van der Waals surface area contributed by atoms with Crippen LogP contribution in [0.1, 0.15) is 38.4 Å². The Hall–Kier alpha value is -1.40. The van der Waals surface area contributed by atoms with E-state index in [0.717, 1.165) is 37.6 Å². The molecule has 1 aliphatic carbocycles. The van der Waals surface area contributed by atoms with E-state index in [0.29, 0.717) is 17.7 Å². The molecule has 3 rings (SSSR count). The van der Waals surface area contributed by atoms with Gasteiger partial charge in [-0.25, -0.2) is 15.8 Å². The third-order valence-corrected chi connectivity index (χ3v) is 4.54. The molecule has 0 spiro atoms. The Morgan fingerprint density at radius 2 is 2.15 bits per heavy atom. The molecule has 1 aromatic rings. The number of hydrazine groups is 1. The van der Waals surface area contributed by atoms with Crippen molar-refractivity contribution in [3.8, 4) is 0 Å². The van der Waals surface area contributed by atoms with Gasteiger partial charge in [-0.2, -0.15) is 0 Å². The number of aliphatic hydroxyl groups is 1. The molecule has 2 aliphatic rings. The summed E-state index contributed by atoms with van der Waals surface area (Å²) >= 11 is 0. The maximum absolute atomic E-state index is 10.0. The number of aliphatic hydroxyl groups excluding tert-OH is 1. The number of rotatable bonds is 3. The Bertz CT molecular complexity index is 492. The third kappa shape index (κ3) is 2.33. The second kappa shape index (κ2) is 5.18. The van der Waals surface area contributed by atoms with Crippen LogP contribution in [0.5, 0.6) is 0 Å². The normalized spacial score (nSPS) is 29.1. The molecule has 110 valence electrons. The van der Waals surface area contributed by atoms with E-state index in [9.17, 15) is 5.11 Å². The second-order valence-corrected chi connectivity index (χ2v) is 6.24. The van der Waals surface area contributed by atoms with Gasteiger partial charge < -0.3 is 15.4 Å². The number of nitrogens with two attached hydrogens (primary N) is 1. The van der Waals surface area contributed by atoms with Gasteiger partial charge in [-0.3, -0.25) is 0 Å². The Morgan fingerprint density at radius 1 is 1.35 bits per heavy atom. The van der Waals surface area contributed by atoms with E-state index >= 15 is 0 Å². The summed E-state index contributed by atoms with van der Waals surface area (Å²) in [6, 6.07) is 1.89. The fraction of sp³-hybridized carbons (Fsp3) is 0.714. The summed E-state index contributed by atoms with van der Waals surface area (Å²) < 4.78 is 0. The van der Waals surface area contributed by atoms with Crippen LogP contribution < -0.4 is 16.2 Å². The number of nitrogens with one attached hydrogen (secondary N) is 1. The van der Waals surface area contributed by atoms with Crippen LogP contribution in [0.25, 0.3) is 0 Å². The van der Waals surface area contributed by atoms with Crippen molar-refractivity contribution in [1.29, 1.82) is 0 Å². The van der Waals surface area contributed by atoms with Crippen LogP contribution in [0.2, 0.25) is 0 Å². The van der Waals surface area contributed by atoms with Crippen molar-refractivity contribution in [3.05, 3.63) is 11.9 Å². The highest BCUT2D eigenvalue weighted by atomic mass is 16.3. The molecule has 1 saturated carbocycles. The third-order valence-electron chi connectivity index (χ3n) is 4.54. The smallest absolute Gasteiger partial charge is 0.145 e. The summed E-state index contributed by atoms with van der Waals surface area (Å²) in [5.74, 6) is 9.11. The molecule has 20 heavy (non-hydrogen) atoms. The number of anilines is 2. The maximum atomic E-state index is 10.0. The number of hydrogen-bond acceptors (Lipinski definition) is 6. The lowest BCUT2D eigenvalue weighted by molar-refractivity contribution is 0.133. The molecule has 3 unspecified atom stereocenters. The minimum atomic E-state index is -0.150. The highest BCUT2D eigenvalue weighted by Crippen LogP contribution is 2.39. The molecule has 1 aromatic heterocycles. The van der Waals surface area contributed by atoms with Crippen molar-refractivity contribution in [2.75, 3.05) is 23.4 Å². The summed E-state index contributed by atoms with van der Waals surface area (Å²) in [5, 5.41) is 10.0. The molecule has 3 atom stereocenters. The molecule has 1 saturated heterocycles. The van der Waals surface area contributed by atoms with E-state index in [-0.39, 0.29) is 12.0 Å². The molecule has 1 aliphatic heterocycles. The van der Waals surface area contributed by atoms with E-state index < -0.39 is 0 Å². The van der Waals surface area contributed by atoms with Gasteiger partial charge in [-0.15, -0.1) is 0 Å². The first kappa shape index (κ1) is 13.6. The van der Waals surface area contributed by atoms with E-state index in [1.165, 1.54) is 0 Å². The van der Waals surface area contributed by atoms with Gasteiger partial charge >= 0.3 is 0 Å². The first-order valence-corrected chi connectivity index (χ1v) is 7.37. The zero-order valence-corrected chi connectivity index (χ0v) is 12.1. The van der Waals surface area contributed by atoms with Gasteiger partial charge in [0.15, 0.2) is 0 Å². The van der Waals surface area contributed by atoms with Gasteiger partial charge in [0.25, 0.3) is 0 Å². The quantitative estimate of drug-likeness (QED) is 0.566. The van der Waals surface area contributed by atoms with Crippen LogP contribution in [0.3, 0.4) is 0 Å². The summed E-state index contributed by atoms with van der Waals surface area (Å²) in [4.78, 5) is 11.3. The Balaban J connectivity index is 1.85. The van der Waals surface area contributed by atoms with Gasteiger partial charge in [-0.1, -0.05) is 13.8 Å². The molecule has 0 bridgehead atoms. The highest BCUT2D eigenvalue weighted by molar-refractivity contribution is 5.50. The number of fused-ring (bicyclic) bond motifs is 1. The highest BCUT2D eigenvalue weighted by Gasteiger charge is 2.42. The largest absolute Gasteiger partial charge is 0.393 e. The SMILES string of the molecule is CC(C)c1nc(NN)cc(N2CC3CCC(O)C3C2)n1. The molecule has 0 aromatic carbocycles. The minimum Gasteiger partial charge on any atom is -0.393 e. The fourth-order valence-corrected chi connectivity index (χ4v) is 3.37. The predicted molar refractivity (Wildman–Crippen MR) is 78.4 cm³/mol. The van der Waals surface area contributed by atoms with E-state index in [4.69, 9.17) is 5.84 Å². The van der Waals surface area contributed by atoms with Crippen molar-refractivity contribution in [1.82, 2.24) is 9.97 Å². The zero-order chi connectivity index (χ0) is 14.3. The fourth-order valence-electron chi connectivity index (χ4n) is 3.37.